The van der Waals surface area contributed by atoms with Crippen molar-refractivity contribution in [1.82, 2.24) is 9.78 Å². The average Bonchev–Trinajstić information content (AvgIpc) is 2.92. The molecule has 0 aromatic carbocycles. The molecule has 0 unspecified atom stereocenters. The van der Waals surface area contributed by atoms with Gasteiger partial charge in [-0.2, -0.15) is 18.3 Å². The van der Waals surface area contributed by atoms with Crippen LogP contribution in [0.3, 0.4) is 0 Å². The van der Waals surface area contributed by atoms with Crippen LogP contribution in [0.5, 0.6) is 0 Å². The van der Waals surface area contributed by atoms with E-state index in [9.17, 15) is 18.0 Å². The van der Waals surface area contributed by atoms with Crippen molar-refractivity contribution in [3.05, 3.63) is 29.8 Å². The first-order chi connectivity index (χ1) is 8.84. The number of halogens is 3. The second kappa shape index (κ2) is 4.45. The molecule has 0 aliphatic carbocycles. The van der Waals surface area contributed by atoms with Gasteiger partial charge in [0.25, 0.3) is 0 Å². The van der Waals surface area contributed by atoms with Gasteiger partial charge in [0.05, 0.1) is 18.9 Å². The van der Waals surface area contributed by atoms with E-state index in [1.54, 1.807) is 0 Å². The zero-order valence-electron chi connectivity index (χ0n) is 9.99. The second-order valence-electron chi connectivity index (χ2n) is 3.68. The Morgan fingerprint density at radius 2 is 2.11 bits per heavy atom. The van der Waals surface area contributed by atoms with Crippen molar-refractivity contribution in [3.63, 3.8) is 0 Å². The molecule has 19 heavy (non-hydrogen) atoms. The van der Waals surface area contributed by atoms with Gasteiger partial charge in [0, 0.05) is 7.05 Å². The van der Waals surface area contributed by atoms with Crippen LogP contribution in [0, 0.1) is 0 Å². The minimum Gasteiger partial charge on any atom is -0.463 e. The monoisotopic (exact) mass is 274 g/mol. The third kappa shape index (κ3) is 2.33. The van der Waals surface area contributed by atoms with Crippen LogP contribution < -0.4 is 0 Å². The lowest BCUT2D eigenvalue weighted by Crippen LogP contribution is -2.12. The molecule has 0 bridgehead atoms. The van der Waals surface area contributed by atoms with Gasteiger partial charge >= 0.3 is 12.1 Å². The molecule has 2 aromatic rings. The van der Waals surface area contributed by atoms with Gasteiger partial charge in [0.15, 0.2) is 5.69 Å². The molecule has 2 rings (SSSR count). The second-order valence-corrected chi connectivity index (χ2v) is 3.68. The maximum Gasteiger partial charge on any atom is 0.433 e. The Balaban J connectivity index is 2.49. The number of ether oxygens (including phenoxy) is 1. The van der Waals surface area contributed by atoms with Gasteiger partial charge in [-0.25, -0.2) is 4.79 Å². The molecule has 0 fully saturated rings. The van der Waals surface area contributed by atoms with E-state index in [1.165, 1.54) is 19.2 Å². The lowest BCUT2D eigenvalue weighted by atomic mass is 10.2. The Hall–Kier alpha value is -2.25. The molecule has 0 spiro atoms. The summed E-state index contributed by atoms with van der Waals surface area (Å²) in [6.07, 6.45) is -3.54. The Bertz CT molecular complexity index is 613. The summed E-state index contributed by atoms with van der Waals surface area (Å²) in [7, 11) is 2.33. The van der Waals surface area contributed by atoms with Crippen LogP contribution >= 0.6 is 0 Å². The predicted molar refractivity (Wildman–Crippen MR) is 57.3 cm³/mol. The quantitative estimate of drug-likeness (QED) is 0.789. The molecule has 0 atom stereocenters. The number of esters is 1. The number of alkyl halides is 3. The first-order valence-electron chi connectivity index (χ1n) is 5.12. The number of hydrogen-bond acceptors (Lipinski definition) is 4. The molecule has 0 N–H and O–H groups in total. The number of hydrogen-bond donors (Lipinski definition) is 0. The van der Waals surface area contributed by atoms with Gasteiger partial charge in [-0.15, -0.1) is 0 Å². The van der Waals surface area contributed by atoms with Crippen molar-refractivity contribution >= 4 is 5.97 Å². The summed E-state index contributed by atoms with van der Waals surface area (Å²) >= 11 is 0. The topological polar surface area (TPSA) is 57.3 Å². The first-order valence-corrected chi connectivity index (χ1v) is 5.12. The van der Waals surface area contributed by atoms with Crippen molar-refractivity contribution < 1.29 is 27.1 Å². The van der Waals surface area contributed by atoms with Crippen LogP contribution in [0.4, 0.5) is 13.2 Å². The van der Waals surface area contributed by atoms with Crippen LogP contribution in [0.25, 0.3) is 11.3 Å². The minimum absolute atomic E-state index is 0.0965. The fraction of sp³-hybridized carbons (Fsp3) is 0.273. The number of carbonyl (C=O) groups excluding carboxylic acids is 1. The van der Waals surface area contributed by atoms with E-state index >= 15 is 0 Å². The highest BCUT2D eigenvalue weighted by molar-refractivity contribution is 5.87. The van der Waals surface area contributed by atoms with Crippen molar-refractivity contribution in [2.24, 2.45) is 7.05 Å². The highest BCUT2D eigenvalue weighted by Crippen LogP contribution is 2.37. The minimum atomic E-state index is -4.57. The highest BCUT2D eigenvalue weighted by atomic mass is 19.4. The van der Waals surface area contributed by atoms with Crippen molar-refractivity contribution in [1.29, 1.82) is 0 Å². The van der Waals surface area contributed by atoms with E-state index in [1.807, 2.05) is 0 Å². The van der Waals surface area contributed by atoms with E-state index in [0.29, 0.717) is 4.68 Å². The number of furan rings is 1. The molecule has 0 radical (unpaired) electrons. The third-order valence-corrected chi connectivity index (χ3v) is 2.47. The number of rotatable bonds is 2. The Morgan fingerprint density at radius 3 is 2.68 bits per heavy atom. The van der Waals surface area contributed by atoms with E-state index < -0.39 is 17.8 Å². The van der Waals surface area contributed by atoms with Crippen LogP contribution in [-0.4, -0.2) is 22.9 Å². The number of methoxy groups -OCH3 is 1. The molecule has 0 amide bonds. The van der Waals surface area contributed by atoms with Crippen LogP contribution in [0.1, 0.15) is 16.2 Å². The lowest BCUT2D eigenvalue weighted by molar-refractivity contribution is -0.143. The smallest absolute Gasteiger partial charge is 0.433 e. The van der Waals surface area contributed by atoms with Gasteiger partial charge < -0.3 is 9.15 Å². The summed E-state index contributed by atoms with van der Waals surface area (Å²) in [6.45, 7) is 0. The molecule has 8 heteroatoms. The molecular weight excluding hydrogens is 265 g/mol. The van der Waals surface area contributed by atoms with Crippen molar-refractivity contribution in [2.45, 2.75) is 6.18 Å². The van der Waals surface area contributed by atoms with E-state index in [2.05, 4.69) is 9.84 Å². The van der Waals surface area contributed by atoms with Gasteiger partial charge in [-0.05, 0) is 12.1 Å². The van der Waals surface area contributed by atoms with Crippen LogP contribution in [0.2, 0.25) is 0 Å². The number of nitrogens with zero attached hydrogens (tertiary/aromatic N) is 2. The molecule has 2 heterocycles. The normalized spacial score (nSPS) is 11.6. The fourth-order valence-corrected chi connectivity index (χ4v) is 1.65. The zero-order valence-corrected chi connectivity index (χ0v) is 9.99. The maximum absolute atomic E-state index is 12.9. The maximum atomic E-state index is 12.9. The van der Waals surface area contributed by atoms with Crippen LogP contribution in [-0.2, 0) is 18.0 Å². The van der Waals surface area contributed by atoms with Gasteiger partial charge in [-0.3, -0.25) is 4.68 Å². The largest absolute Gasteiger partial charge is 0.463 e. The molecule has 2 aromatic heterocycles. The predicted octanol–water partition coefficient (Wildman–Crippen LogP) is 2.49. The summed E-state index contributed by atoms with van der Waals surface area (Å²) < 4.78 is 48.8. The van der Waals surface area contributed by atoms with Gasteiger partial charge in [0.2, 0.25) is 5.76 Å². The standard InChI is InChI=1S/C11H9F3N2O3/c1-16-9(11(12,13)14)6(5-15-16)7-3-4-8(19-7)10(17)18-2/h3-5H,1-2H3. The summed E-state index contributed by atoms with van der Waals surface area (Å²) in [5.74, 6) is -1.03. The van der Waals surface area contributed by atoms with Gasteiger partial charge in [0.1, 0.15) is 5.76 Å². The number of aryl methyl sites for hydroxylation is 1. The summed E-state index contributed by atoms with van der Waals surface area (Å²) in [4.78, 5) is 11.2. The summed E-state index contributed by atoms with van der Waals surface area (Å²) in [5.41, 5.74) is -1.18. The highest BCUT2D eigenvalue weighted by Gasteiger charge is 2.38. The number of aromatic nitrogens is 2. The number of carbonyl (C=O) groups is 1. The SMILES string of the molecule is COC(=O)c1ccc(-c2cnn(C)c2C(F)(F)F)o1. The molecule has 102 valence electrons. The van der Waals surface area contributed by atoms with E-state index in [0.717, 1.165) is 13.3 Å². The zero-order chi connectivity index (χ0) is 14.2. The summed E-state index contributed by atoms with van der Waals surface area (Å²) in [5, 5.41) is 3.55. The van der Waals surface area contributed by atoms with Crippen LogP contribution in [0.15, 0.2) is 22.7 Å². The molecule has 0 aliphatic heterocycles. The molecular formula is C11H9F3N2O3. The van der Waals surface area contributed by atoms with Gasteiger partial charge in [-0.1, -0.05) is 0 Å². The first kappa shape index (κ1) is 13.2. The van der Waals surface area contributed by atoms with Crippen molar-refractivity contribution in [2.75, 3.05) is 7.11 Å². The lowest BCUT2D eigenvalue weighted by Gasteiger charge is -2.08. The Morgan fingerprint density at radius 1 is 1.42 bits per heavy atom. The van der Waals surface area contributed by atoms with E-state index in [-0.39, 0.29) is 17.1 Å². The van der Waals surface area contributed by atoms with E-state index in [4.69, 9.17) is 4.42 Å². The van der Waals surface area contributed by atoms with Crippen molar-refractivity contribution in [3.8, 4) is 11.3 Å². The molecule has 0 saturated carbocycles. The molecule has 5 nitrogen and oxygen atoms in total. The Labute approximate surface area is 105 Å². The molecule has 0 aliphatic rings. The average molecular weight is 274 g/mol. The third-order valence-electron chi connectivity index (χ3n) is 2.47. The molecule has 0 saturated heterocycles. The Kier molecular flexibility index (Phi) is 3.09. The fourth-order valence-electron chi connectivity index (χ4n) is 1.65. The summed E-state index contributed by atoms with van der Waals surface area (Å²) in [6, 6.07) is 2.51.